The number of benzene rings is 1. The number of nitrogens with zero attached hydrogens (tertiary/aromatic N) is 4. The number of carbonyl (C=O) groups excluding carboxylic acids is 1. The number of guanidine groups is 1. The first-order valence-electron chi connectivity index (χ1n) is 14.5. The Bertz CT molecular complexity index is 1240. The lowest BCUT2D eigenvalue weighted by molar-refractivity contribution is -0.0119. The molecular weight excluding hydrogens is 674 g/mol. The Morgan fingerprint density at radius 1 is 0.911 bits per heavy atom. The van der Waals surface area contributed by atoms with Crippen LogP contribution in [0, 0.1) is 11.5 Å². The van der Waals surface area contributed by atoms with Gasteiger partial charge in [0.25, 0.3) is 0 Å². The second-order valence-electron chi connectivity index (χ2n) is 9.16. The van der Waals surface area contributed by atoms with Crippen molar-refractivity contribution in [2.24, 2.45) is 9.98 Å². The van der Waals surface area contributed by atoms with Crippen LogP contribution in [-0.2, 0) is 35.2 Å². The molecule has 0 bridgehead atoms. The Balaban J connectivity index is 1.61. The van der Waals surface area contributed by atoms with Crippen LogP contribution in [0.3, 0.4) is 0 Å². The second kappa shape index (κ2) is 25.1. The molecule has 1 heterocycles. The van der Waals surface area contributed by atoms with Crippen LogP contribution in [0.4, 0.5) is 4.79 Å². The number of unbranched alkanes of at least 4 members (excludes halogenated alkanes) is 3. The van der Waals surface area contributed by atoms with E-state index in [9.17, 15) is 4.79 Å². The predicted octanol–water partition coefficient (Wildman–Crippen LogP) is 4.68. The van der Waals surface area contributed by atoms with Gasteiger partial charge in [-0.1, -0.05) is 18.0 Å². The third kappa shape index (κ3) is 19.0. The van der Waals surface area contributed by atoms with Crippen molar-refractivity contribution in [2.45, 2.75) is 32.4 Å². The van der Waals surface area contributed by atoms with Crippen molar-refractivity contribution < 1.29 is 38.0 Å². The fourth-order valence-electron chi connectivity index (χ4n) is 3.45. The first kappa shape index (κ1) is 38.0. The monoisotopic (exact) mass is 713 g/mol. The summed E-state index contributed by atoms with van der Waals surface area (Å²) in [5, 5.41) is 12.9. The maximum Gasteiger partial charge on any atom is 0.510 e. The molecule has 2 aromatic rings. The number of hydrogen-bond acceptors (Lipinski definition) is 10. The topological polar surface area (TPSA) is 147 Å². The van der Waals surface area contributed by atoms with Crippen LogP contribution >= 0.6 is 27.5 Å². The SMILES string of the molecule is COCCOCCOCCOCCOC(=O)OCn1cc/c(=N\C(=NCCCCCCOc2ccc(Cl)cc2)NC#N)c(Br)c1. The molecule has 1 aromatic carbocycles. The minimum Gasteiger partial charge on any atom is -0.494 e. The quantitative estimate of drug-likeness (QED) is 0.0456. The lowest BCUT2D eigenvalue weighted by Crippen LogP contribution is -2.21. The molecule has 0 radical (unpaired) electrons. The first-order valence-corrected chi connectivity index (χ1v) is 15.7. The molecule has 2 rings (SSSR count). The average molecular weight is 715 g/mol. The first-order chi connectivity index (χ1) is 22.0. The molecule has 15 heteroatoms. The number of methoxy groups -OCH3 is 1. The molecule has 0 unspecified atom stereocenters. The van der Waals surface area contributed by atoms with Crippen molar-refractivity contribution in [1.29, 1.82) is 5.26 Å². The Morgan fingerprint density at radius 3 is 2.24 bits per heavy atom. The summed E-state index contributed by atoms with van der Waals surface area (Å²) in [5.74, 6) is 1.01. The van der Waals surface area contributed by atoms with Gasteiger partial charge < -0.3 is 37.7 Å². The van der Waals surface area contributed by atoms with Gasteiger partial charge in [0.15, 0.2) is 12.9 Å². The van der Waals surface area contributed by atoms with E-state index in [0.29, 0.717) is 67.6 Å². The zero-order valence-corrected chi connectivity index (χ0v) is 27.8. The predicted molar refractivity (Wildman–Crippen MR) is 171 cm³/mol. The van der Waals surface area contributed by atoms with Crippen LogP contribution in [-0.4, -0.2) is 89.8 Å². The number of rotatable bonds is 22. The highest BCUT2D eigenvalue weighted by molar-refractivity contribution is 9.10. The molecular formula is C30H41BrClN5O8. The fraction of sp³-hybridized carbons (Fsp3) is 0.533. The number of pyridine rings is 1. The van der Waals surface area contributed by atoms with Gasteiger partial charge in [-0.15, -0.1) is 0 Å². The number of hydrogen-bond donors (Lipinski definition) is 1. The van der Waals surface area contributed by atoms with Gasteiger partial charge in [0.1, 0.15) is 12.4 Å². The number of aromatic nitrogens is 1. The average Bonchev–Trinajstić information content (AvgIpc) is 3.03. The fourth-order valence-corrected chi connectivity index (χ4v) is 4.06. The zero-order chi connectivity index (χ0) is 32.4. The van der Waals surface area contributed by atoms with E-state index in [-0.39, 0.29) is 25.9 Å². The van der Waals surface area contributed by atoms with Crippen LogP contribution < -0.4 is 15.4 Å². The van der Waals surface area contributed by atoms with Gasteiger partial charge in [-0.05, 0) is 65.5 Å². The summed E-state index contributed by atoms with van der Waals surface area (Å²) in [6, 6.07) is 9.01. The van der Waals surface area contributed by atoms with Gasteiger partial charge in [0.05, 0.1) is 62.7 Å². The van der Waals surface area contributed by atoms with Gasteiger partial charge >= 0.3 is 6.16 Å². The Kier molecular flexibility index (Phi) is 21.2. The summed E-state index contributed by atoms with van der Waals surface area (Å²) in [6.07, 6.45) is 8.16. The molecule has 45 heavy (non-hydrogen) atoms. The van der Waals surface area contributed by atoms with E-state index >= 15 is 0 Å². The summed E-state index contributed by atoms with van der Waals surface area (Å²) in [6.45, 7) is 4.19. The summed E-state index contributed by atoms with van der Waals surface area (Å²) in [4.78, 5) is 20.7. The van der Waals surface area contributed by atoms with E-state index < -0.39 is 6.16 Å². The van der Waals surface area contributed by atoms with Crippen molar-refractivity contribution in [2.75, 3.05) is 73.1 Å². The minimum atomic E-state index is -0.817. The number of carbonyl (C=O) groups is 1. The van der Waals surface area contributed by atoms with Crippen LogP contribution in [0.5, 0.6) is 5.75 Å². The van der Waals surface area contributed by atoms with Gasteiger partial charge in [-0.3, -0.25) is 10.3 Å². The van der Waals surface area contributed by atoms with Crippen molar-refractivity contribution in [3.8, 4) is 11.9 Å². The number of nitriles is 1. The van der Waals surface area contributed by atoms with Crippen molar-refractivity contribution in [3.63, 3.8) is 0 Å². The minimum absolute atomic E-state index is 0.0535. The molecule has 0 aliphatic carbocycles. The highest BCUT2D eigenvalue weighted by atomic mass is 79.9. The number of aliphatic imine (C=N–C) groups is 1. The smallest absolute Gasteiger partial charge is 0.494 e. The largest absolute Gasteiger partial charge is 0.510 e. The van der Waals surface area contributed by atoms with Crippen LogP contribution in [0.15, 0.2) is 57.2 Å². The molecule has 0 saturated carbocycles. The standard InChI is InChI=1S/C30H41BrClN5O8/c1-39-14-15-40-16-17-41-18-19-42-20-21-44-30(38)45-24-37-12-10-28(27(31)22-37)36-29(35-23-33)34-11-4-2-3-5-13-43-26-8-6-25(32)7-9-26/h6-10,12,22H,2-5,11,13-21,24H2,1H3,(H,34,35)/b36-28+. The molecule has 1 aromatic heterocycles. The molecule has 13 nitrogen and oxygen atoms in total. The Labute approximate surface area is 277 Å². The van der Waals surface area contributed by atoms with E-state index in [2.05, 4.69) is 31.2 Å². The molecule has 0 atom stereocenters. The second-order valence-corrected chi connectivity index (χ2v) is 10.5. The van der Waals surface area contributed by atoms with E-state index in [0.717, 1.165) is 31.4 Å². The molecule has 0 amide bonds. The molecule has 0 saturated heterocycles. The summed E-state index contributed by atoms with van der Waals surface area (Å²) in [7, 11) is 1.62. The van der Waals surface area contributed by atoms with E-state index in [4.69, 9.17) is 50.0 Å². The molecule has 0 fully saturated rings. The molecule has 0 spiro atoms. The Hall–Kier alpha value is -3.19. The van der Waals surface area contributed by atoms with E-state index in [1.807, 2.05) is 18.3 Å². The lowest BCUT2D eigenvalue weighted by Gasteiger charge is -2.10. The van der Waals surface area contributed by atoms with Crippen LogP contribution in [0.1, 0.15) is 25.7 Å². The van der Waals surface area contributed by atoms with Crippen molar-refractivity contribution >= 4 is 39.6 Å². The zero-order valence-electron chi connectivity index (χ0n) is 25.5. The van der Waals surface area contributed by atoms with Gasteiger partial charge in [-0.2, -0.15) is 5.26 Å². The van der Waals surface area contributed by atoms with Gasteiger partial charge in [0.2, 0.25) is 5.96 Å². The van der Waals surface area contributed by atoms with Crippen LogP contribution in [0.2, 0.25) is 5.02 Å². The van der Waals surface area contributed by atoms with Gasteiger partial charge in [0, 0.05) is 31.1 Å². The molecule has 0 aliphatic heterocycles. The maximum absolute atomic E-state index is 11.9. The summed E-state index contributed by atoms with van der Waals surface area (Å²) < 4.78 is 39.0. The molecule has 0 aliphatic rings. The van der Waals surface area contributed by atoms with E-state index in [1.54, 1.807) is 42.3 Å². The normalized spacial score (nSPS) is 11.7. The van der Waals surface area contributed by atoms with Crippen LogP contribution in [0.25, 0.3) is 0 Å². The third-order valence-corrected chi connectivity index (χ3v) is 6.56. The van der Waals surface area contributed by atoms with E-state index in [1.165, 1.54) is 0 Å². The number of nitrogens with one attached hydrogen (secondary N) is 1. The van der Waals surface area contributed by atoms with Crippen molar-refractivity contribution in [3.05, 3.63) is 57.6 Å². The molecule has 1 N–H and O–H groups in total. The highest BCUT2D eigenvalue weighted by Crippen LogP contribution is 2.16. The van der Waals surface area contributed by atoms with Gasteiger partial charge in [-0.25, -0.2) is 9.79 Å². The number of halogens is 2. The summed E-state index contributed by atoms with van der Waals surface area (Å²) >= 11 is 9.34. The molecule has 248 valence electrons. The number of ether oxygens (including phenoxy) is 7. The highest BCUT2D eigenvalue weighted by Gasteiger charge is 2.05. The summed E-state index contributed by atoms with van der Waals surface area (Å²) in [5.41, 5.74) is 0. The van der Waals surface area contributed by atoms with Crippen molar-refractivity contribution in [1.82, 2.24) is 9.88 Å². The lowest BCUT2D eigenvalue weighted by atomic mass is 10.2. The third-order valence-electron chi connectivity index (χ3n) is 5.69. The maximum atomic E-state index is 11.9. The Morgan fingerprint density at radius 2 is 1.58 bits per heavy atom.